The molecule has 0 aliphatic carbocycles. The number of carbonyl (C=O) groups is 2. The van der Waals surface area contributed by atoms with Crippen molar-refractivity contribution in [3.05, 3.63) is 24.0 Å². The van der Waals surface area contributed by atoms with Crippen molar-refractivity contribution in [2.24, 2.45) is 0 Å². The van der Waals surface area contributed by atoms with Gasteiger partial charge in [0.2, 0.25) is 0 Å². The predicted molar refractivity (Wildman–Crippen MR) is 76.8 cm³/mol. The van der Waals surface area contributed by atoms with Crippen LogP contribution in [0.25, 0.3) is 0 Å². The van der Waals surface area contributed by atoms with Crippen molar-refractivity contribution in [3.63, 3.8) is 0 Å². The fourth-order valence-corrected chi connectivity index (χ4v) is 1.78. The van der Waals surface area contributed by atoms with Crippen LogP contribution in [0.5, 0.6) is 0 Å². The monoisotopic (exact) mass is 281 g/mol. The summed E-state index contributed by atoms with van der Waals surface area (Å²) in [6.45, 7) is 5.53. The molecule has 6 heteroatoms. The summed E-state index contributed by atoms with van der Waals surface area (Å²) in [5, 5.41) is 11.6. The molecule has 0 unspecified atom stereocenters. The highest BCUT2D eigenvalue weighted by atomic mass is 16.4. The molecule has 0 saturated heterocycles. The maximum absolute atomic E-state index is 11.9. The predicted octanol–water partition coefficient (Wildman–Crippen LogP) is 1.03. The van der Waals surface area contributed by atoms with Crippen LogP contribution >= 0.6 is 0 Å². The fraction of sp³-hybridized carbons (Fsp3) is 0.571. The van der Waals surface area contributed by atoms with E-state index in [0.717, 1.165) is 13.0 Å². The zero-order valence-electron chi connectivity index (χ0n) is 12.3. The Morgan fingerprint density at radius 1 is 1.45 bits per heavy atom. The summed E-state index contributed by atoms with van der Waals surface area (Å²) in [4.78, 5) is 24.8. The van der Waals surface area contributed by atoms with E-state index in [1.807, 2.05) is 7.05 Å². The van der Waals surface area contributed by atoms with Crippen molar-refractivity contribution < 1.29 is 14.7 Å². The van der Waals surface area contributed by atoms with Crippen molar-refractivity contribution >= 4 is 11.9 Å². The number of nitrogens with zero attached hydrogens (tertiary/aromatic N) is 2. The lowest BCUT2D eigenvalue weighted by Gasteiger charge is -2.20. The Morgan fingerprint density at radius 2 is 2.15 bits per heavy atom. The number of carbonyl (C=O) groups excluding carboxylic acids is 1. The molecule has 0 saturated carbocycles. The van der Waals surface area contributed by atoms with Gasteiger partial charge in [-0.05, 0) is 46.0 Å². The lowest BCUT2D eigenvalue weighted by Crippen LogP contribution is -2.32. The second kappa shape index (κ2) is 7.69. The number of hydrogen-bond acceptors (Lipinski definition) is 3. The number of hydrogen-bond donors (Lipinski definition) is 2. The van der Waals surface area contributed by atoms with E-state index in [-0.39, 0.29) is 12.5 Å². The van der Waals surface area contributed by atoms with E-state index in [2.05, 4.69) is 24.1 Å². The summed E-state index contributed by atoms with van der Waals surface area (Å²) in [6, 6.07) is 3.78. The molecule has 1 heterocycles. The summed E-state index contributed by atoms with van der Waals surface area (Å²) in [5.74, 6) is -1.20. The van der Waals surface area contributed by atoms with Gasteiger partial charge in [-0.2, -0.15) is 0 Å². The molecule has 0 aromatic carbocycles. The third kappa shape index (κ3) is 5.05. The number of aliphatic carboxylic acids is 1. The largest absolute Gasteiger partial charge is 0.480 e. The molecular formula is C14H23N3O3. The first-order chi connectivity index (χ1) is 9.41. The molecule has 112 valence electrons. The van der Waals surface area contributed by atoms with Crippen LogP contribution in [0.3, 0.4) is 0 Å². The van der Waals surface area contributed by atoms with Crippen LogP contribution in [0.1, 0.15) is 30.8 Å². The van der Waals surface area contributed by atoms with E-state index in [1.54, 1.807) is 18.3 Å². The molecule has 1 amide bonds. The summed E-state index contributed by atoms with van der Waals surface area (Å²) in [5.41, 5.74) is 0.379. The molecule has 6 nitrogen and oxygen atoms in total. The van der Waals surface area contributed by atoms with Crippen molar-refractivity contribution in [2.45, 2.75) is 32.9 Å². The number of aromatic nitrogens is 1. The molecule has 0 atom stereocenters. The minimum Gasteiger partial charge on any atom is -0.480 e. The van der Waals surface area contributed by atoms with Crippen LogP contribution in [-0.4, -0.2) is 52.6 Å². The molecule has 0 spiro atoms. The van der Waals surface area contributed by atoms with E-state index in [4.69, 9.17) is 5.11 Å². The standard InChI is InChI=1S/C14H23N3O3/c1-11(2)16(3)8-5-7-15-14(20)12-6-4-9-17(12)10-13(18)19/h4,6,9,11H,5,7-8,10H2,1-3H3,(H,15,20)(H,18,19). The van der Waals surface area contributed by atoms with Crippen molar-refractivity contribution in [3.8, 4) is 0 Å². The average molecular weight is 281 g/mol. The van der Waals surface area contributed by atoms with Crippen LogP contribution in [0.15, 0.2) is 18.3 Å². The molecule has 2 N–H and O–H groups in total. The van der Waals surface area contributed by atoms with Gasteiger partial charge in [0.25, 0.3) is 5.91 Å². The Labute approximate surface area is 119 Å². The highest BCUT2D eigenvalue weighted by Gasteiger charge is 2.12. The first kappa shape index (κ1) is 16.2. The molecule has 1 rings (SSSR count). The van der Waals surface area contributed by atoms with Crippen molar-refractivity contribution in [1.29, 1.82) is 0 Å². The van der Waals surface area contributed by atoms with Gasteiger partial charge in [-0.25, -0.2) is 0 Å². The summed E-state index contributed by atoms with van der Waals surface area (Å²) in [6.07, 6.45) is 2.45. The normalized spacial score (nSPS) is 11.1. The van der Waals surface area contributed by atoms with Crippen LogP contribution in [0.2, 0.25) is 0 Å². The number of carboxylic acid groups (broad SMARTS) is 1. The molecule has 20 heavy (non-hydrogen) atoms. The number of rotatable bonds is 8. The Hall–Kier alpha value is -1.82. The zero-order chi connectivity index (χ0) is 15.1. The Morgan fingerprint density at radius 3 is 2.75 bits per heavy atom. The van der Waals surface area contributed by atoms with E-state index in [1.165, 1.54) is 4.57 Å². The average Bonchev–Trinajstić information content (AvgIpc) is 2.81. The van der Waals surface area contributed by atoms with Gasteiger partial charge in [0.1, 0.15) is 12.2 Å². The SMILES string of the molecule is CC(C)N(C)CCCNC(=O)c1cccn1CC(=O)O. The first-order valence-electron chi connectivity index (χ1n) is 6.77. The van der Waals surface area contributed by atoms with Gasteiger partial charge in [-0.15, -0.1) is 0 Å². The van der Waals surface area contributed by atoms with Crippen LogP contribution in [0, 0.1) is 0 Å². The third-order valence-corrected chi connectivity index (χ3v) is 3.22. The molecule has 0 aliphatic rings. The molecule has 0 bridgehead atoms. The minimum absolute atomic E-state index is 0.203. The summed E-state index contributed by atoms with van der Waals surface area (Å²) >= 11 is 0. The van der Waals surface area contributed by atoms with E-state index >= 15 is 0 Å². The maximum atomic E-state index is 11.9. The van der Waals surface area contributed by atoms with Gasteiger partial charge < -0.3 is 19.9 Å². The fourth-order valence-electron chi connectivity index (χ4n) is 1.78. The first-order valence-corrected chi connectivity index (χ1v) is 6.77. The van der Waals surface area contributed by atoms with Gasteiger partial charge in [0.05, 0.1) is 0 Å². The number of nitrogens with one attached hydrogen (secondary N) is 1. The Bertz CT molecular complexity index is 454. The third-order valence-electron chi connectivity index (χ3n) is 3.22. The maximum Gasteiger partial charge on any atom is 0.323 e. The van der Waals surface area contributed by atoms with Gasteiger partial charge in [-0.3, -0.25) is 9.59 Å². The van der Waals surface area contributed by atoms with E-state index in [0.29, 0.717) is 18.3 Å². The highest BCUT2D eigenvalue weighted by Crippen LogP contribution is 2.02. The topological polar surface area (TPSA) is 74.6 Å². The lowest BCUT2D eigenvalue weighted by molar-refractivity contribution is -0.137. The zero-order valence-corrected chi connectivity index (χ0v) is 12.3. The molecule has 0 aliphatic heterocycles. The summed E-state index contributed by atoms with van der Waals surface area (Å²) in [7, 11) is 2.05. The van der Waals surface area contributed by atoms with Gasteiger partial charge >= 0.3 is 5.97 Å². The van der Waals surface area contributed by atoms with Gasteiger partial charge in [0, 0.05) is 18.8 Å². The van der Waals surface area contributed by atoms with Crippen molar-refractivity contribution in [1.82, 2.24) is 14.8 Å². The van der Waals surface area contributed by atoms with Crippen molar-refractivity contribution in [2.75, 3.05) is 20.1 Å². The number of carboxylic acids is 1. The van der Waals surface area contributed by atoms with E-state index in [9.17, 15) is 9.59 Å². The second-order valence-corrected chi connectivity index (χ2v) is 5.10. The molecule has 1 aromatic heterocycles. The smallest absolute Gasteiger partial charge is 0.323 e. The molecule has 1 aromatic rings. The molecular weight excluding hydrogens is 258 g/mol. The second-order valence-electron chi connectivity index (χ2n) is 5.10. The van der Waals surface area contributed by atoms with Crippen LogP contribution in [-0.2, 0) is 11.3 Å². The van der Waals surface area contributed by atoms with Gasteiger partial charge in [-0.1, -0.05) is 0 Å². The molecule has 0 fully saturated rings. The number of amides is 1. The Kier molecular flexibility index (Phi) is 6.24. The van der Waals surface area contributed by atoms with Crippen LogP contribution in [0.4, 0.5) is 0 Å². The minimum atomic E-state index is -0.964. The Balaban J connectivity index is 2.40. The highest BCUT2D eigenvalue weighted by molar-refractivity contribution is 5.93. The van der Waals surface area contributed by atoms with Crippen LogP contribution < -0.4 is 5.32 Å². The molecule has 0 radical (unpaired) electrons. The van der Waals surface area contributed by atoms with Gasteiger partial charge in [0.15, 0.2) is 0 Å². The lowest BCUT2D eigenvalue weighted by atomic mass is 10.3. The van der Waals surface area contributed by atoms with E-state index < -0.39 is 5.97 Å². The summed E-state index contributed by atoms with van der Waals surface area (Å²) < 4.78 is 1.43. The quantitative estimate of drug-likeness (QED) is 0.698.